The molecule has 2 rings (SSSR count). The van der Waals surface area contributed by atoms with E-state index in [2.05, 4.69) is 4.74 Å². The summed E-state index contributed by atoms with van der Waals surface area (Å²) in [6, 6.07) is 4.17. The van der Waals surface area contributed by atoms with E-state index in [0.29, 0.717) is 0 Å². The fourth-order valence-corrected chi connectivity index (χ4v) is 2.05. The minimum Gasteiger partial charge on any atom is -0.406 e. The van der Waals surface area contributed by atoms with Crippen molar-refractivity contribution in [2.24, 2.45) is 11.7 Å². The molecule has 0 amide bonds. The number of alkyl halides is 3. The molecule has 2 unspecified atom stereocenters. The largest absolute Gasteiger partial charge is 0.573 e. The third-order valence-electron chi connectivity index (χ3n) is 2.86. The van der Waals surface area contributed by atoms with Gasteiger partial charge < -0.3 is 10.5 Å². The molecule has 88 valence electrons. The van der Waals surface area contributed by atoms with Crippen LogP contribution in [0, 0.1) is 5.92 Å². The molecule has 1 aromatic rings. The summed E-state index contributed by atoms with van der Waals surface area (Å²) in [5.74, 6) is 0.0620. The lowest BCUT2D eigenvalue weighted by Gasteiger charge is -2.12. The van der Waals surface area contributed by atoms with Crippen LogP contribution < -0.4 is 10.5 Å². The van der Waals surface area contributed by atoms with Crippen molar-refractivity contribution in [3.05, 3.63) is 29.3 Å². The van der Waals surface area contributed by atoms with Crippen molar-refractivity contribution in [1.29, 1.82) is 0 Å². The van der Waals surface area contributed by atoms with E-state index in [0.717, 1.165) is 17.5 Å². The maximum Gasteiger partial charge on any atom is 0.573 e. The normalized spacial score (nSPS) is 24.3. The Hall–Kier alpha value is -1.23. The lowest BCUT2D eigenvalue weighted by molar-refractivity contribution is -0.274. The zero-order valence-corrected chi connectivity index (χ0v) is 8.71. The first kappa shape index (κ1) is 11.3. The van der Waals surface area contributed by atoms with Gasteiger partial charge >= 0.3 is 6.36 Å². The summed E-state index contributed by atoms with van der Waals surface area (Å²) in [6.07, 6.45) is -3.84. The second-order valence-corrected chi connectivity index (χ2v) is 4.12. The Morgan fingerprint density at radius 2 is 2.06 bits per heavy atom. The number of halogens is 3. The molecule has 1 aromatic carbocycles. The molecule has 0 fully saturated rings. The number of nitrogens with two attached hydrogens (primary N) is 1. The van der Waals surface area contributed by atoms with Crippen LogP contribution in [0.5, 0.6) is 5.75 Å². The van der Waals surface area contributed by atoms with Gasteiger partial charge in [-0.15, -0.1) is 13.2 Å². The zero-order valence-electron chi connectivity index (χ0n) is 8.71. The summed E-state index contributed by atoms with van der Waals surface area (Å²) < 4.78 is 39.9. The smallest absolute Gasteiger partial charge is 0.406 e. The fourth-order valence-electron chi connectivity index (χ4n) is 2.05. The third-order valence-corrected chi connectivity index (χ3v) is 2.86. The van der Waals surface area contributed by atoms with E-state index in [4.69, 9.17) is 5.73 Å². The highest BCUT2D eigenvalue weighted by Gasteiger charge is 2.32. The first-order valence-electron chi connectivity index (χ1n) is 5.01. The number of hydrogen-bond donors (Lipinski definition) is 1. The van der Waals surface area contributed by atoms with Crippen LogP contribution in [0.15, 0.2) is 18.2 Å². The van der Waals surface area contributed by atoms with Gasteiger partial charge in [-0.2, -0.15) is 0 Å². The minimum atomic E-state index is -4.65. The van der Waals surface area contributed by atoms with Crippen molar-refractivity contribution in [1.82, 2.24) is 0 Å². The molecular weight excluding hydrogens is 219 g/mol. The molecule has 0 aliphatic heterocycles. The number of benzene rings is 1. The molecule has 0 spiro atoms. The molecule has 0 bridgehead atoms. The van der Waals surface area contributed by atoms with Crippen LogP contribution in [-0.2, 0) is 6.42 Å². The first-order valence-corrected chi connectivity index (χ1v) is 5.01. The van der Waals surface area contributed by atoms with Crippen LogP contribution >= 0.6 is 0 Å². The van der Waals surface area contributed by atoms with E-state index in [9.17, 15) is 13.2 Å². The van der Waals surface area contributed by atoms with E-state index >= 15 is 0 Å². The van der Waals surface area contributed by atoms with E-state index < -0.39 is 6.36 Å². The van der Waals surface area contributed by atoms with Crippen molar-refractivity contribution in [3.8, 4) is 5.75 Å². The van der Waals surface area contributed by atoms with Gasteiger partial charge in [0.25, 0.3) is 0 Å². The molecule has 1 aliphatic rings. The van der Waals surface area contributed by atoms with Crippen LogP contribution in [0.2, 0.25) is 0 Å². The van der Waals surface area contributed by atoms with Crippen LogP contribution in [0.1, 0.15) is 24.1 Å². The maximum absolute atomic E-state index is 12.0. The Bertz CT molecular complexity index is 403. The van der Waals surface area contributed by atoms with E-state index in [1.165, 1.54) is 12.1 Å². The molecule has 0 heterocycles. The van der Waals surface area contributed by atoms with Crippen molar-refractivity contribution >= 4 is 0 Å². The Kier molecular flexibility index (Phi) is 2.58. The predicted octanol–water partition coefficient (Wildman–Crippen LogP) is 2.78. The van der Waals surface area contributed by atoms with Gasteiger partial charge in [-0.3, -0.25) is 0 Å². The summed E-state index contributed by atoms with van der Waals surface area (Å²) in [7, 11) is 0. The number of fused-ring (bicyclic) bond motifs is 1. The molecule has 2 atom stereocenters. The second kappa shape index (κ2) is 3.66. The molecule has 5 heteroatoms. The average Bonchev–Trinajstić information content (AvgIpc) is 2.42. The molecule has 16 heavy (non-hydrogen) atoms. The van der Waals surface area contributed by atoms with Crippen LogP contribution in [0.3, 0.4) is 0 Å². The van der Waals surface area contributed by atoms with Crippen molar-refractivity contribution in [2.75, 3.05) is 0 Å². The number of hydrogen-bond acceptors (Lipinski definition) is 2. The quantitative estimate of drug-likeness (QED) is 0.806. The summed E-state index contributed by atoms with van der Waals surface area (Å²) in [5, 5.41) is 0. The molecule has 1 aliphatic carbocycles. The summed E-state index contributed by atoms with van der Waals surface area (Å²) >= 11 is 0. The summed E-state index contributed by atoms with van der Waals surface area (Å²) in [4.78, 5) is 0. The highest BCUT2D eigenvalue weighted by Crippen LogP contribution is 2.37. The highest BCUT2D eigenvalue weighted by molar-refractivity contribution is 5.41. The monoisotopic (exact) mass is 231 g/mol. The maximum atomic E-state index is 12.0. The second-order valence-electron chi connectivity index (χ2n) is 4.12. The van der Waals surface area contributed by atoms with Crippen molar-refractivity contribution in [3.63, 3.8) is 0 Å². The molecule has 2 nitrogen and oxygen atoms in total. The SMILES string of the molecule is CC1Cc2ccc(OC(F)(F)F)cc2C1N. The predicted molar refractivity (Wildman–Crippen MR) is 52.9 cm³/mol. The van der Waals surface area contributed by atoms with Gasteiger partial charge in [0.1, 0.15) is 5.75 Å². The van der Waals surface area contributed by atoms with Crippen LogP contribution in [0.25, 0.3) is 0 Å². The average molecular weight is 231 g/mol. The summed E-state index contributed by atoms with van der Waals surface area (Å²) in [5.41, 5.74) is 7.65. The molecule has 0 saturated carbocycles. The minimum absolute atomic E-state index is 0.198. The van der Waals surface area contributed by atoms with Gasteiger partial charge in [0.15, 0.2) is 0 Å². The lowest BCUT2D eigenvalue weighted by atomic mass is 10.0. The Balaban J connectivity index is 2.27. The molecule has 2 N–H and O–H groups in total. The zero-order chi connectivity index (χ0) is 11.9. The third kappa shape index (κ3) is 2.14. The number of rotatable bonds is 1. The highest BCUT2D eigenvalue weighted by atomic mass is 19.4. The lowest BCUT2D eigenvalue weighted by Crippen LogP contribution is -2.18. The topological polar surface area (TPSA) is 35.2 Å². The van der Waals surface area contributed by atoms with Gasteiger partial charge in [-0.1, -0.05) is 13.0 Å². The molecule has 0 radical (unpaired) electrons. The van der Waals surface area contributed by atoms with Crippen molar-refractivity contribution in [2.45, 2.75) is 25.7 Å². The van der Waals surface area contributed by atoms with E-state index in [1.807, 2.05) is 6.92 Å². The number of ether oxygens (including phenoxy) is 1. The first-order chi connectivity index (χ1) is 7.37. The van der Waals surface area contributed by atoms with Crippen LogP contribution in [-0.4, -0.2) is 6.36 Å². The van der Waals surface area contributed by atoms with Gasteiger partial charge in [-0.25, -0.2) is 0 Å². The van der Waals surface area contributed by atoms with E-state index in [1.54, 1.807) is 6.07 Å². The van der Waals surface area contributed by atoms with Crippen molar-refractivity contribution < 1.29 is 17.9 Å². The van der Waals surface area contributed by atoms with Gasteiger partial charge in [0.2, 0.25) is 0 Å². The van der Waals surface area contributed by atoms with Gasteiger partial charge in [0.05, 0.1) is 0 Å². The Morgan fingerprint density at radius 3 is 2.69 bits per heavy atom. The molecule has 0 saturated heterocycles. The Labute approximate surface area is 91.2 Å². The van der Waals surface area contributed by atoms with Gasteiger partial charge in [0, 0.05) is 6.04 Å². The van der Waals surface area contributed by atoms with Gasteiger partial charge in [-0.05, 0) is 35.6 Å². The standard InChI is InChI=1S/C11H12F3NO/c1-6-4-7-2-3-8(16-11(12,13)14)5-9(7)10(6)15/h2-3,5-6,10H,4,15H2,1H3. The molecule has 0 aromatic heterocycles. The molecular formula is C11H12F3NO. The summed E-state index contributed by atoms with van der Waals surface area (Å²) in [6.45, 7) is 1.98. The van der Waals surface area contributed by atoms with E-state index in [-0.39, 0.29) is 17.7 Å². The fraction of sp³-hybridized carbons (Fsp3) is 0.455. The Morgan fingerprint density at radius 1 is 1.38 bits per heavy atom. The van der Waals surface area contributed by atoms with Crippen LogP contribution in [0.4, 0.5) is 13.2 Å².